The highest BCUT2D eigenvalue weighted by atomic mass is 16.2. The molecule has 0 atom stereocenters. The van der Waals surface area contributed by atoms with Crippen molar-refractivity contribution >= 4 is 17.5 Å². The number of nitrogens with zero attached hydrogens (tertiary/aromatic N) is 3. The van der Waals surface area contributed by atoms with E-state index in [2.05, 4.69) is 29.2 Å². The predicted octanol–water partition coefficient (Wildman–Crippen LogP) is 1.91. The van der Waals surface area contributed by atoms with Crippen LogP contribution in [0.1, 0.15) is 31.7 Å². The molecule has 24 heavy (non-hydrogen) atoms. The van der Waals surface area contributed by atoms with E-state index in [9.17, 15) is 9.59 Å². The molecule has 0 unspecified atom stereocenters. The van der Waals surface area contributed by atoms with Crippen molar-refractivity contribution in [3.05, 3.63) is 29.8 Å². The number of carbonyl (C=O) groups is 2. The lowest BCUT2D eigenvalue weighted by atomic mass is 10.1. The van der Waals surface area contributed by atoms with E-state index in [1.807, 2.05) is 4.90 Å². The maximum Gasteiger partial charge on any atom is 0.223 e. The molecule has 130 valence electrons. The quantitative estimate of drug-likeness (QED) is 0.847. The van der Waals surface area contributed by atoms with Gasteiger partial charge in [-0.1, -0.05) is 12.1 Å². The second-order valence-corrected chi connectivity index (χ2v) is 6.75. The summed E-state index contributed by atoms with van der Waals surface area (Å²) in [5.41, 5.74) is 2.51. The molecule has 0 bridgehead atoms. The third kappa shape index (κ3) is 4.08. The number of rotatable bonds is 4. The Labute approximate surface area is 144 Å². The predicted molar refractivity (Wildman–Crippen MR) is 95.0 cm³/mol. The number of aryl methyl sites for hydroxylation is 1. The van der Waals surface area contributed by atoms with E-state index in [0.29, 0.717) is 32.6 Å². The van der Waals surface area contributed by atoms with Crippen LogP contribution in [-0.4, -0.2) is 60.9 Å². The van der Waals surface area contributed by atoms with Gasteiger partial charge in [0.2, 0.25) is 11.8 Å². The van der Waals surface area contributed by atoms with E-state index in [1.165, 1.54) is 24.1 Å². The van der Waals surface area contributed by atoms with Crippen LogP contribution in [0.15, 0.2) is 24.3 Å². The molecule has 3 rings (SSSR count). The molecule has 0 aliphatic carbocycles. The van der Waals surface area contributed by atoms with Crippen molar-refractivity contribution in [1.29, 1.82) is 0 Å². The van der Waals surface area contributed by atoms with Crippen molar-refractivity contribution in [2.45, 2.75) is 32.6 Å². The summed E-state index contributed by atoms with van der Waals surface area (Å²) in [6, 6.07) is 8.65. The monoisotopic (exact) mass is 329 g/mol. The molecule has 2 fully saturated rings. The summed E-state index contributed by atoms with van der Waals surface area (Å²) in [6.07, 6.45) is 3.90. The summed E-state index contributed by atoms with van der Waals surface area (Å²) >= 11 is 0. The average Bonchev–Trinajstić information content (AvgIpc) is 3.15. The van der Waals surface area contributed by atoms with Crippen LogP contribution >= 0.6 is 0 Å². The maximum atomic E-state index is 12.3. The number of hydrogen-bond donors (Lipinski definition) is 0. The minimum Gasteiger partial charge on any atom is -0.372 e. The van der Waals surface area contributed by atoms with Gasteiger partial charge in [0.15, 0.2) is 0 Å². The molecule has 2 aliphatic heterocycles. The topological polar surface area (TPSA) is 43.9 Å². The lowest BCUT2D eigenvalue weighted by Crippen LogP contribution is -2.50. The third-order valence-electron chi connectivity index (χ3n) is 5.11. The number of carbonyl (C=O) groups excluding carboxylic acids is 2. The van der Waals surface area contributed by atoms with Gasteiger partial charge < -0.3 is 14.7 Å². The second-order valence-electron chi connectivity index (χ2n) is 6.75. The smallest absolute Gasteiger partial charge is 0.223 e. The number of piperazine rings is 1. The molecular weight excluding hydrogens is 302 g/mol. The SMILES string of the molecule is CC(=O)N1CCN(C(=O)CCc2ccc(N3CCCC3)cc2)CC1. The first-order valence-corrected chi connectivity index (χ1v) is 9.00. The van der Waals surface area contributed by atoms with Crippen LogP contribution in [-0.2, 0) is 16.0 Å². The van der Waals surface area contributed by atoms with Gasteiger partial charge in [0.05, 0.1) is 0 Å². The molecule has 0 N–H and O–H groups in total. The normalized spacial score (nSPS) is 18.1. The van der Waals surface area contributed by atoms with Crippen LogP contribution in [0, 0.1) is 0 Å². The fraction of sp³-hybridized carbons (Fsp3) is 0.579. The van der Waals surface area contributed by atoms with E-state index >= 15 is 0 Å². The lowest BCUT2D eigenvalue weighted by molar-refractivity contribution is -0.138. The van der Waals surface area contributed by atoms with Gasteiger partial charge in [-0.05, 0) is 37.0 Å². The molecule has 2 heterocycles. The van der Waals surface area contributed by atoms with Crippen LogP contribution in [0.5, 0.6) is 0 Å². The molecular formula is C19H27N3O2. The highest BCUT2D eigenvalue weighted by Crippen LogP contribution is 2.21. The first-order chi connectivity index (χ1) is 11.6. The lowest BCUT2D eigenvalue weighted by Gasteiger charge is -2.34. The Morgan fingerprint density at radius 2 is 1.46 bits per heavy atom. The molecule has 2 aliphatic rings. The first kappa shape index (κ1) is 16.8. The number of benzene rings is 1. The van der Waals surface area contributed by atoms with Crippen LogP contribution in [0.4, 0.5) is 5.69 Å². The Kier molecular flexibility index (Phi) is 5.38. The zero-order chi connectivity index (χ0) is 16.9. The van der Waals surface area contributed by atoms with Crippen LogP contribution in [0.3, 0.4) is 0 Å². The van der Waals surface area contributed by atoms with Crippen LogP contribution in [0.2, 0.25) is 0 Å². The molecule has 0 saturated carbocycles. The highest BCUT2D eigenvalue weighted by molar-refractivity contribution is 5.77. The van der Waals surface area contributed by atoms with Crippen molar-refractivity contribution < 1.29 is 9.59 Å². The summed E-state index contributed by atoms with van der Waals surface area (Å²) in [5, 5.41) is 0. The molecule has 1 aromatic carbocycles. The first-order valence-electron chi connectivity index (χ1n) is 9.00. The molecule has 0 aromatic heterocycles. The number of hydrogen-bond acceptors (Lipinski definition) is 3. The van der Waals surface area contributed by atoms with E-state index in [0.717, 1.165) is 19.5 Å². The van der Waals surface area contributed by atoms with Gasteiger partial charge in [-0.25, -0.2) is 0 Å². The highest BCUT2D eigenvalue weighted by Gasteiger charge is 2.22. The molecule has 2 saturated heterocycles. The van der Waals surface area contributed by atoms with Gasteiger partial charge in [-0.3, -0.25) is 9.59 Å². The van der Waals surface area contributed by atoms with Crippen molar-refractivity contribution in [2.75, 3.05) is 44.2 Å². The van der Waals surface area contributed by atoms with Gasteiger partial charge in [0.25, 0.3) is 0 Å². The average molecular weight is 329 g/mol. The van der Waals surface area contributed by atoms with Gasteiger partial charge in [0.1, 0.15) is 0 Å². The summed E-state index contributed by atoms with van der Waals surface area (Å²) in [7, 11) is 0. The van der Waals surface area contributed by atoms with Gasteiger partial charge >= 0.3 is 0 Å². The minimum absolute atomic E-state index is 0.0974. The Morgan fingerprint density at radius 3 is 2.04 bits per heavy atom. The Bertz CT molecular complexity index is 571. The van der Waals surface area contributed by atoms with Gasteiger partial charge in [-0.15, -0.1) is 0 Å². The summed E-state index contributed by atoms with van der Waals surface area (Å²) in [6.45, 7) is 6.53. The van der Waals surface area contributed by atoms with Gasteiger partial charge in [-0.2, -0.15) is 0 Å². The Balaban J connectivity index is 1.45. The van der Waals surface area contributed by atoms with Gasteiger partial charge in [0, 0.05) is 58.3 Å². The third-order valence-corrected chi connectivity index (χ3v) is 5.11. The molecule has 0 radical (unpaired) electrons. The Hall–Kier alpha value is -2.04. The van der Waals surface area contributed by atoms with Crippen molar-refractivity contribution in [2.24, 2.45) is 0 Å². The minimum atomic E-state index is 0.0974. The summed E-state index contributed by atoms with van der Waals surface area (Å²) in [4.78, 5) is 29.8. The molecule has 5 heteroatoms. The summed E-state index contributed by atoms with van der Waals surface area (Å²) < 4.78 is 0. The number of anilines is 1. The Morgan fingerprint density at radius 1 is 0.875 bits per heavy atom. The molecule has 2 amide bonds. The summed E-state index contributed by atoms with van der Waals surface area (Å²) in [5.74, 6) is 0.294. The zero-order valence-corrected chi connectivity index (χ0v) is 14.5. The maximum absolute atomic E-state index is 12.3. The fourth-order valence-corrected chi connectivity index (χ4v) is 3.53. The van der Waals surface area contributed by atoms with Crippen molar-refractivity contribution in [1.82, 2.24) is 9.80 Å². The van der Waals surface area contributed by atoms with Crippen molar-refractivity contribution in [3.8, 4) is 0 Å². The number of amides is 2. The second kappa shape index (κ2) is 7.69. The van der Waals surface area contributed by atoms with Crippen LogP contribution < -0.4 is 4.90 Å². The van der Waals surface area contributed by atoms with E-state index in [1.54, 1.807) is 11.8 Å². The molecule has 0 spiro atoms. The van der Waals surface area contributed by atoms with Crippen LogP contribution in [0.25, 0.3) is 0 Å². The fourth-order valence-electron chi connectivity index (χ4n) is 3.53. The van der Waals surface area contributed by atoms with Crippen molar-refractivity contribution in [3.63, 3.8) is 0 Å². The molecule has 5 nitrogen and oxygen atoms in total. The zero-order valence-electron chi connectivity index (χ0n) is 14.5. The molecule has 1 aromatic rings. The van der Waals surface area contributed by atoms with E-state index < -0.39 is 0 Å². The van der Waals surface area contributed by atoms with E-state index in [4.69, 9.17) is 0 Å². The van der Waals surface area contributed by atoms with E-state index in [-0.39, 0.29) is 11.8 Å². The largest absolute Gasteiger partial charge is 0.372 e. The standard InChI is InChI=1S/C19H27N3O2/c1-16(23)20-12-14-22(15-13-20)19(24)9-6-17-4-7-18(8-5-17)21-10-2-3-11-21/h4-5,7-8H,2-3,6,9-15H2,1H3.